The van der Waals surface area contributed by atoms with Crippen LogP contribution < -0.4 is 5.32 Å². The van der Waals surface area contributed by atoms with Crippen LogP contribution in [-0.4, -0.2) is 41.8 Å². The lowest BCUT2D eigenvalue weighted by Gasteiger charge is -2.43. The summed E-state index contributed by atoms with van der Waals surface area (Å²) in [6.45, 7) is 13.7. The summed E-state index contributed by atoms with van der Waals surface area (Å²) in [5.41, 5.74) is -0.399. The maximum Gasteiger partial charge on any atom is 0.410 e. The van der Waals surface area contributed by atoms with Gasteiger partial charge in [-0.05, 0) is 27.7 Å². The van der Waals surface area contributed by atoms with Crippen molar-refractivity contribution in [2.24, 2.45) is 5.92 Å². The molecule has 1 aliphatic heterocycles. The Hall–Kier alpha value is -0.770. The fraction of sp³-hybridized carbons (Fsp3) is 0.923. The van der Waals surface area contributed by atoms with Crippen molar-refractivity contribution in [3.63, 3.8) is 0 Å². The molecule has 0 aromatic heterocycles. The van der Waals surface area contributed by atoms with E-state index in [1.807, 2.05) is 20.8 Å². The van der Waals surface area contributed by atoms with Crippen molar-refractivity contribution in [2.45, 2.75) is 59.2 Å². The van der Waals surface area contributed by atoms with Crippen molar-refractivity contribution in [1.82, 2.24) is 10.2 Å². The van der Waals surface area contributed by atoms with Crippen LogP contribution in [0, 0.1) is 5.92 Å². The second-order valence-electron chi connectivity index (χ2n) is 6.26. The van der Waals surface area contributed by atoms with E-state index in [1.165, 1.54) is 0 Å². The molecule has 1 saturated heterocycles. The van der Waals surface area contributed by atoms with E-state index in [0.29, 0.717) is 18.0 Å². The van der Waals surface area contributed by atoms with Crippen LogP contribution in [0.4, 0.5) is 4.79 Å². The number of nitrogens with zero attached hydrogens (tertiary/aromatic N) is 1. The zero-order valence-corrected chi connectivity index (χ0v) is 11.9. The molecule has 1 N–H and O–H groups in total. The molecular formula is C13H26N2O2. The maximum atomic E-state index is 11.7. The maximum absolute atomic E-state index is 11.7. The summed E-state index contributed by atoms with van der Waals surface area (Å²) in [6, 6.07) is 0.939. The molecule has 0 aliphatic carbocycles. The van der Waals surface area contributed by atoms with Crippen molar-refractivity contribution in [1.29, 1.82) is 0 Å². The minimum atomic E-state index is -0.399. The van der Waals surface area contributed by atoms with Gasteiger partial charge in [-0.2, -0.15) is 0 Å². The predicted octanol–water partition coefficient (Wildman–Crippen LogP) is 2.24. The number of ether oxygens (including phenoxy) is 1. The van der Waals surface area contributed by atoms with Crippen molar-refractivity contribution >= 4 is 6.09 Å². The quantitative estimate of drug-likeness (QED) is 0.825. The highest BCUT2D eigenvalue weighted by molar-refractivity contribution is 5.69. The zero-order chi connectivity index (χ0) is 13.2. The molecular weight excluding hydrogens is 216 g/mol. The lowest BCUT2D eigenvalue weighted by Crippen LogP contribution is -2.58. The van der Waals surface area contributed by atoms with Gasteiger partial charge in [0, 0.05) is 31.1 Å². The number of hydrogen-bond donors (Lipinski definition) is 1. The fourth-order valence-electron chi connectivity index (χ4n) is 1.97. The molecule has 1 atom stereocenters. The molecule has 1 amide bonds. The van der Waals surface area contributed by atoms with Crippen molar-refractivity contribution < 1.29 is 9.53 Å². The average Bonchev–Trinajstić information content (AvgIpc) is 1.94. The third-order valence-corrected chi connectivity index (χ3v) is 2.86. The summed E-state index contributed by atoms with van der Waals surface area (Å²) in [5, 5.41) is 3.47. The molecule has 4 heteroatoms. The largest absolute Gasteiger partial charge is 0.444 e. The summed E-state index contributed by atoms with van der Waals surface area (Å²) in [7, 11) is 0. The summed E-state index contributed by atoms with van der Waals surface area (Å²) < 4.78 is 5.32. The molecule has 0 aromatic carbocycles. The van der Waals surface area contributed by atoms with Gasteiger partial charge in [0.05, 0.1) is 0 Å². The van der Waals surface area contributed by atoms with E-state index < -0.39 is 5.60 Å². The van der Waals surface area contributed by atoms with Crippen LogP contribution in [0.25, 0.3) is 0 Å². The molecule has 1 rings (SSSR count). The first-order chi connectivity index (χ1) is 7.69. The van der Waals surface area contributed by atoms with E-state index in [9.17, 15) is 4.79 Å². The Morgan fingerprint density at radius 2 is 1.82 bits per heavy atom. The van der Waals surface area contributed by atoms with Crippen molar-refractivity contribution in [3.05, 3.63) is 0 Å². The lowest BCUT2D eigenvalue weighted by atomic mass is 9.92. The Labute approximate surface area is 105 Å². The van der Waals surface area contributed by atoms with E-state index >= 15 is 0 Å². The standard InChI is InChI=1S/C13H26N2O2/c1-9(2)14-10(3)11-7-15(8-11)12(16)17-13(4,5)6/h9-11,14H,7-8H2,1-6H3/t10-/m1/s1. The Kier molecular flexibility index (Phi) is 4.42. The molecule has 1 heterocycles. The van der Waals surface area contributed by atoms with E-state index in [1.54, 1.807) is 4.90 Å². The van der Waals surface area contributed by atoms with Gasteiger partial charge in [0.2, 0.25) is 0 Å². The van der Waals surface area contributed by atoms with Crippen LogP contribution in [-0.2, 0) is 4.74 Å². The summed E-state index contributed by atoms with van der Waals surface area (Å²) in [5.74, 6) is 0.546. The number of carbonyl (C=O) groups is 1. The Bertz CT molecular complexity index is 265. The molecule has 0 spiro atoms. The minimum absolute atomic E-state index is 0.189. The van der Waals surface area contributed by atoms with Crippen molar-refractivity contribution in [2.75, 3.05) is 13.1 Å². The molecule has 4 nitrogen and oxygen atoms in total. The smallest absolute Gasteiger partial charge is 0.410 e. The molecule has 0 radical (unpaired) electrons. The number of rotatable bonds is 3. The first-order valence-electron chi connectivity index (χ1n) is 6.43. The van der Waals surface area contributed by atoms with Gasteiger partial charge in [0.1, 0.15) is 5.60 Å². The van der Waals surface area contributed by atoms with Crippen LogP contribution in [0.1, 0.15) is 41.5 Å². The molecule has 1 fully saturated rings. The van der Waals surface area contributed by atoms with Gasteiger partial charge in [-0.1, -0.05) is 13.8 Å². The van der Waals surface area contributed by atoms with Crippen LogP contribution in [0.5, 0.6) is 0 Å². The van der Waals surface area contributed by atoms with Crippen LogP contribution in [0.15, 0.2) is 0 Å². The molecule has 17 heavy (non-hydrogen) atoms. The van der Waals surface area contributed by atoms with Gasteiger partial charge in [-0.25, -0.2) is 4.79 Å². The first-order valence-corrected chi connectivity index (χ1v) is 6.43. The van der Waals surface area contributed by atoms with Crippen LogP contribution in [0.2, 0.25) is 0 Å². The number of amides is 1. The van der Waals surface area contributed by atoms with Gasteiger partial charge < -0.3 is 15.0 Å². The van der Waals surface area contributed by atoms with Gasteiger partial charge in [-0.3, -0.25) is 0 Å². The van der Waals surface area contributed by atoms with Gasteiger partial charge in [0.25, 0.3) is 0 Å². The molecule has 0 aromatic rings. The van der Waals surface area contributed by atoms with Crippen LogP contribution in [0.3, 0.4) is 0 Å². The number of carbonyl (C=O) groups excluding carboxylic acids is 1. The summed E-state index contributed by atoms with van der Waals surface area (Å²) >= 11 is 0. The SMILES string of the molecule is CC(C)N[C@H](C)C1CN(C(=O)OC(C)(C)C)C1. The second-order valence-corrected chi connectivity index (χ2v) is 6.26. The molecule has 0 saturated carbocycles. The number of likely N-dealkylation sites (tertiary alicyclic amines) is 1. The Morgan fingerprint density at radius 3 is 2.24 bits per heavy atom. The number of hydrogen-bond acceptors (Lipinski definition) is 3. The minimum Gasteiger partial charge on any atom is -0.444 e. The first kappa shape index (κ1) is 14.3. The molecule has 0 bridgehead atoms. The fourth-order valence-corrected chi connectivity index (χ4v) is 1.97. The molecule has 1 aliphatic rings. The van der Waals surface area contributed by atoms with Gasteiger partial charge in [-0.15, -0.1) is 0 Å². The van der Waals surface area contributed by atoms with Crippen LogP contribution >= 0.6 is 0 Å². The lowest BCUT2D eigenvalue weighted by molar-refractivity contribution is -0.00607. The third-order valence-electron chi connectivity index (χ3n) is 2.86. The molecule has 100 valence electrons. The monoisotopic (exact) mass is 242 g/mol. The highest BCUT2D eigenvalue weighted by Crippen LogP contribution is 2.22. The summed E-state index contributed by atoms with van der Waals surface area (Å²) in [6.07, 6.45) is -0.189. The topological polar surface area (TPSA) is 41.6 Å². The highest BCUT2D eigenvalue weighted by atomic mass is 16.6. The zero-order valence-electron chi connectivity index (χ0n) is 11.9. The van der Waals surface area contributed by atoms with Gasteiger partial charge in [0.15, 0.2) is 0 Å². The highest BCUT2D eigenvalue weighted by Gasteiger charge is 2.36. The predicted molar refractivity (Wildman–Crippen MR) is 69.0 cm³/mol. The normalized spacial score (nSPS) is 19.1. The van der Waals surface area contributed by atoms with E-state index in [0.717, 1.165) is 13.1 Å². The summed E-state index contributed by atoms with van der Waals surface area (Å²) in [4.78, 5) is 13.5. The Morgan fingerprint density at radius 1 is 1.29 bits per heavy atom. The van der Waals surface area contributed by atoms with E-state index in [2.05, 4.69) is 26.1 Å². The Balaban J connectivity index is 2.29. The van der Waals surface area contributed by atoms with E-state index in [-0.39, 0.29) is 6.09 Å². The van der Waals surface area contributed by atoms with Crippen molar-refractivity contribution in [3.8, 4) is 0 Å². The molecule has 0 unspecified atom stereocenters. The van der Waals surface area contributed by atoms with E-state index in [4.69, 9.17) is 4.74 Å². The van der Waals surface area contributed by atoms with Gasteiger partial charge >= 0.3 is 6.09 Å². The third kappa shape index (κ3) is 4.54. The number of nitrogens with one attached hydrogen (secondary N) is 1. The average molecular weight is 242 g/mol. The second kappa shape index (κ2) is 5.25.